The van der Waals surface area contributed by atoms with E-state index in [1.165, 1.54) is 6.42 Å². The van der Waals surface area contributed by atoms with Gasteiger partial charge in [0.05, 0.1) is 0 Å². The molecule has 0 saturated heterocycles. The number of nitrogens with one attached hydrogen (secondary N) is 1. The molecule has 2 fully saturated rings. The Labute approximate surface area is 113 Å². The van der Waals surface area contributed by atoms with E-state index in [9.17, 15) is 4.79 Å². The highest BCUT2D eigenvalue weighted by atomic mass is 16.5. The summed E-state index contributed by atoms with van der Waals surface area (Å²) in [5.74, 6) is 0. The van der Waals surface area contributed by atoms with Gasteiger partial charge in [-0.25, -0.2) is 4.79 Å². The van der Waals surface area contributed by atoms with Crippen molar-refractivity contribution in [3.05, 3.63) is 35.9 Å². The van der Waals surface area contributed by atoms with Gasteiger partial charge < -0.3 is 15.8 Å². The molecule has 1 atom stereocenters. The molecule has 19 heavy (non-hydrogen) atoms. The van der Waals surface area contributed by atoms with Gasteiger partial charge in [0, 0.05) is 12.1 Å². The van der Waals surface area contributed by atoms with Crippen LogP contribution >= 0.6 is 0 Å². The Bertz CT molecular complexity index is 454. The van der Waals surface area contributed by atoms with Crippen LogP contribution in [0.1, 0.15) is 31.2 Å². The van der Waals surface area contributed by atoms with E-state index in [-0.39, 0.29) is 12.1 Å². The monoisotopic (exact) mass is 260 g/mol. The normalized spacial score (nSPS) is 32.3. The van der Waals surface area contributed by atoms with E-state index in [2.05, 4.69) is 5.32 Å². The number of benzene rings is 1. The predicted molar refractivity (Wildman–Crippen MR) is 72.4 cm³/mol. The topological polar surface area (TPSA) is 64.3 Å². The van der Waals surface area contributed by atoms with E-state index in [4.69, 9.17) is 10.5 Å². The molecule has 1 aromatic rings. The second-order valence-corrected chi connectivity index (χ2v) is 5.82. The summed E-state index contributed by atoms with van der Waals surface area (Å²) >= 11 is 0. The average Bonchev–Trinajstić information content (AvgIpc) is 2.39. The Morgan fingerprint density at radius 2 is 2.11 bits per heavy atom. The average molecular weight is 260 g/mol. The largest absolute Gasteiger partial charge is 0.445 e. The minimum atomic E-state index is -0.323. The van der Waals surface area contributed by atoms with Crippen LogP contribution in [0.4, 0.5) is 4.79 Å². The Balaban J connectivity index is 1.39. The third-order valence-electron chi connectivity index (χ3n) is 4.58. The Hall–Kier alpha value is -1.55. The van der Waals surface area contributed by atoms with Crippen LogP contribution < -0.4 is 11.1 Å². The SMILES string of the molecule is N[C@H]1CCC12CC(NC(=O)OCc1ccccc1)C2. The van der Waals surface area contributed by atoms with Gasteiger partial charge in [-0.3, -0.25) is 0 Å². The lowest BCUT2D eigenvalue weighted by Gasteiger charge is -2.58. The predicted octanol–water partition coefficient (Wildman–Crippen LogP) is 2.18. The molecule has 0 radical (unpaired) electrons. The van der Waals surface area contributed by atoms with Crippen molar-refractivity contribution in [2.24, 2.45) is 11.1 Å². The number of alkyl carbamates (subject to hydrolysis) is 1. The van der Waals surface area contributed by atoms with Crippen LogP contribution in [-0.2, 0) is 11.3 Å². The summed E-state index contributed by atoms with van der Waals surface area (Å²) in [7, 11) is 0. The summed E-state index contributed by atoms with van der Waals surface area (Å²) in [5.41, 5.74) is 7.34. The van der Waals surface area contributed by atoms with Gasteiger partial charge in [0.15, 0.2) is 0 Å². The van der Waals surface area contributed by atoms with Crippen LogP contribution in [0.25, 0.3) is 0 Å². The Kier molecular flexibility index (Phi) is 3.19. The number of carbonyl (C=O) groups is 1. The third-order valence-corrected chi connectivity index (χ3v) is 4.58. The smallest absolute Gasteiger partial charge is 0.407 e. The van der Waals surface area contributed by atoms with E-state index < -0.39 is 0 Å². The summed E-state index contributed by atoms with van der Waals surface area (Å²) in [5, 5.41) is 2.91. The van der Waals surface area contributed by atoms with Gasteiger partial charge in [-0.1, -0.05) is 30.3 Å². The zero-order valence-corrected chi connectivity index (χ0v) is 11.0. The van der Waals surface area contributed by atoms with Crippen LogP contribution in [0.2, 0.25) is 0 Å². The van der Waals surface area contributed by atoms with Crippen LogP contribution in [0.3, 0.4) is 0 Å². The van der Waals surface area contributed by atoms with E-state index in [1.807, 2.05) is 30.3 Å². The highest BCUT2D eigenvalue weighted by Gasteiger charge is 2.53. The van der Waals surface area contributed by atoms with E-state index in [0.29, 0.717) is 18.1 Å². The van der Waals surface area contributed by atoms with Gasteiger partial charge in [-0.05, 0) is 36.7 Å². The molecule has 0 aliphatic heterocycles. The van der Waals surface area contributed by atoms with Gasteiger partial charge in [0.1, 0.15) is 6.61 Å². The summed E-state index contributed by atoms with van der Waals surface area (Å²) in [4.78, 5) is 11.7. The molecule has 2 aliphatic rings. The van der Waals surface area contributed by atoms with Gasteiger partial charge in [0.2, 0.25) is 0 Å². The second-order valence-electron chi connectivity index (χ2n) is 5.82. The first-order chi connectivity index (χ1) is 9.18. The summed E-state index contributed by atoms with van der Waals surface area (Å²) in [6.45, 7) is 0.323. The Morgan fingerprint density at radius 1 is 1.37 bits per heavy atom. The fourth-order valence-electron chi connectivity index (χ4n) is 3.18. The van der Waals surface area contributed by atoms with Crippen molar-refractivity contribution in [3.63, 3.8) is 0 Å². The zero-order chi connectivity index (χ0) is 13.3. The van der Waals surface area contributed by atoms with E-state index in [1.54, 1.807) is 0 Å². The van der Waals surface area contributed by atoms with Crippen molar-refractivity contribution in [2.45, 2.75) is 44.4 Å². The second kappa shape index (κ2) is 4.85. The number of ether oxygens (including phenoxy) is 1. The van der Waals surface area contributed by atoms with E-state index >= 15 is 0 Å². The molecule has 4 heteroatoms. The maximum atomic E-state index is 11.7. The van der Waals surface area contributed by atoms with Crippen LogP contribution in [0, 0.1) is 5.41 Å². The van der Waals surface area contributed by atoms with Crippen molar-refractivity contribution >= 4 is 6.09 Å². The minimum Gasteiger partial charge on any atom is -0.445 e. The lowest BCUT2D eigenvalue weighted by molar-refractivity contribution is -0.0262. The molecule has 0 heterocycles. The third kappa shape index (κ3) is 2.45. The quantitative estimate of drug-likeness (QED) is 0.875. The molecule has 4 nitrogen and oxygen atoms in total. The first kappa shape index (κ1) is 12.5. The van der Waals surface area contributed by atoms with Gasteiger partial charge >= 0.3 is 6.09 Å². The molecule has 0 bridgehead atoms. The zero-order valence-electron chi connectivity index (χ0n) is 11.0. The van der Waals surface area contributed by atoms with Crippen LogP contribution in [0.5, 0.6) is 0 Å². The number of rotatable bonds is 3. The maximum absolute atomic E-state index is 11.7. The number of hydrogen-bond acceptors (Lipinski definition) is 3. The van der Waals surface area contributed by atoms with Crippen molar-refractivity contribution < 1.29 is 9.53 Å². The Morgan fingerprint density at radius 3 is 2.68 bits per heavy atom. The first-order valence-corrected chi connectivity index (χ1v) is 6.91. The maximum Gasteiger partial charge on any atom is 0.407 e. The molecule has 2 aliphatic carbocycles. The van der Waals surface area contributed by atoms with Gasteiger partial charge in [-0.2, -0.15) is 0 Å². The summed E-state index contributed by atoms with van der Waals surface area (Å²) in [6.07, 6.45) is 4.04. The van der Waals surface area contributed by atoms with Crippen molar-refractivity contribution in [1.82, 2.24) is 5.32 Å². The highest BCUT2D eigenvalue weighted by Crippen LogP contribution is 2.54. The molecular weight excluding hydrogens is 240 g/mol. The molecule has 2 saturated carbocycles. The van der Waals surface area contributed by atoms with Gasteiger partial charge in [-0.15, -0.1) is 0 Å². The first-order valence-electron chi connectivity index (χ1n) is 6.91. The van der Waals surface area contributed by atoms with Gasteiger partial charge in [0.25, 0.3) is 0 Å². The van der Waals surface area contributed by atoms with Crippen molar-refractivity contribution in [3.8, 4) is 0 Å². The number of carbonyl (C=O) groups excluding carboxylic acids is 1. The molecule has 102 valence electrons. The molecular formula is C15H20N2O2. The summed E-state index contributed by atoms with van der Waals surface area (Å²) < 4.78 is 5.20. The fourth-order valence-corrected chi connectivity index (χ4v) is 3.18. The molecule has 1 amide bonds. The highest BCUT2D eigenvalue weighted by molar-refractivity contribution is 5.67. The van der Waals surface area contributed by atoms with Crippen LogP contribution in [-0.4, -0.2) is 18.2 Å². The van der Waals surface area contributed by atoms with E-state index in [0.717, 1.165) is 24.8 Å². The molecule has 3 N–H and O–H groups in total. The van der Waals surface area contributed by atoms with Crippen molar-refractivity contribution in [1.29, 1.82) is 0 Å². The lowest BCUT2D eigenvalue weighted by Crippen LogP contribution is -2.63. The lowest BCUT2D eigenvalue weighted by atomic mass is 9.51. The number of amides is 1. The fraction of sp³-hybridized carbons (Fsp3) is 0.533. The van der Waals surface area contributed by atoms with Crippen LogP contribution in [0.15, 0.2) is 30.3 Å². The number of hydrogen-bond donors (Lipinski definition) is 2. The molecule has 3 rings (SSSR count). The molecule has 0 aromatic heterocycles. The minimum absolute atomic E-state index is 0.245. The molecule has 1 spiro atoms. The molecule has 0 unspecified atom stereocenters. The molecule has 1 aromatic carbocycles. The van der Waals surface area contributed by atoms with Crippen molar-refractivity contribution in [2.75, 3.05) is 0 Å². The number of nitrogens with two attached hydrogens (primary N) is 1. The standard InChI is InChI=1S/C15H20N2O2/c16-13-6-7-15(13)8-12(9-15)17-14(18)19-10-11-4-2-1-3-5-11/h1-5,12-13H,6-10,16H2,(H,17,18)/t12?,13-,15?/m0/s1. The summed E-state index contributed by atoms with van der Waals surface area (Å²) in [6, 6.07) is 10.3.